The molecule has 0 aromatic heterocycles. The predicted octanol–water partition coefficient (Wildman–Crippen LogP) is 0.833. The molecule has 0 atom stereocenters. The van der Waals surface area contributed by atoms with Gasteiger partial charge in [0.2, 0.25) is 0 Å². The van der Waals surface area contributed by atoms with Gasteiger partial charge in [-0.25, -0.2) is 0 Å². The maximum atomic E-state index is 11.5. The minimum Gasteiger partial charge on any atom is -0.460 e. The van der Waals surface area contributed by atoms with E-state index in [9.17, 15) is 9.90 Å². The van der Waals surface area contributed by atoms with Crippen LogP contribution in [0.2, 0.25) is 0 Å². The molecule has 0 unspecified atom stereocenters. The Balaban J connectivity index is 2.42. The molecule has 4 nitrogen and oxygen atoms in total. The third kappa shape index (κ3) is 4.62. The lowest BCUT2D eigenvalue weighted by molar-refractivity contribution is -0.161. The Morgan fingerprint density at radius 1 is 1.40 bits per heavy atom. The average Bonchev–Trinajstić information content (AvgIpc) is 1.99. The van der Waals surface area contributed by atoms with Crippen LogP contribution in [-0.4, -0.2) is 35.4 Å². The Hall–Kier alpha value is -0.610. The van der Waals surface area contributed by atoms with Gasteiger partial charge in [-0.15, -0.1) is 0 Å². The normalized spacial score (nSPS) is 21.1. The molecule has 0 aliphatic carbocycles. The van der Waals surface area contributed by atoms with E-state index >= 15 is 0 Å². The fraction of sp³-hybridized carbons (Fsp3) is 0.909. The first-order valence-electron chi connectivity index (χ1n) is 5.46. The molecule has 1 rings (SSSR count). The summed E-state index contributed by atoms with van der Waals surface area (Å²) in [5, 5.41) is 13.2. The zero-order chi connectivity index (χ0) is 11.5. The van der Waals surface area contributed by atoms with Crippen molar-refractivity contribution < 1.29 is 14.6 Å². The SMILES string of the molecule is CC(C)(C)OC(=O)CC1(O)CCNCC1. The third-order valence-electron chi connectivity index (χ3n) is 2.43. The quantitative estimate of drug-likeness (QED) is 0.670. The number of piperidine rings is 1. The summed E-state index contributed by atoms with van der Waals surface area (Å²) < 4.78 is 5.19. The Kier molecular flexibility index (Phi) is 3.73. The molecule has 0 aromatic rings. The van der Waals surface area contributed by atoms with E-state index in [0.717, 1.165) is 13.1 Å². The highest BCUT2D eigenvalue weighted by atomic mass is 16.6. The second-order valence-electron chi connectivity index (χ2n) is 5.24. The van der Waals surface area contributed by atoms with Crippen molar-refractivity contribution >= 4 is 5.97 Å². The maximum absolute atomic E-state index is 11.5. The van der Waals surface area contributed by atoms with Crippen LogP contribution in [0.1, 0.15) is 40.0 Å². The molecule has 0 saturated carbocycles. The Labute approximate surface area is 91.0 Å². The number of hydrogen-bond donors (Lipinski definition) is 2. The summed E-state index contributed by atoms with van der Waals surface area (Å²) in [5.41, 5.74) is -1.34. The van der Waals surface area contributed by atoms with E-state index in [-0.39, 0.29) is 12.4 Å². The Bertz CT molecular complexity index is 226. The summed E-state index contributed by atoms with van der Waals surface area (Å²) in [4.78, 5) is 11.5. The van der Waals surface area contributed by atoms with E-state index in [0.29, 0.717) is 12.8 Å². The molecule has 1 aliphatic heterocycles. The molecule has 0 bridgehead atoms. The lowest BCUT2D eigenvalue weighted by atomic mass is 9.89. The molecule has 1 saturated heterocycles. The average molecular weight is 215 g/mol. The lowest BCUT2D eigenvalue weighted by Gasteiger charge is -2.32. The first-order valence-corrected chi connectivity index (χ1v) is 5.46. The van der Waals surface area contributed by atoms with Crippen LogP contribution in [0.4, 0.5) is 0 Å². The first-order chi connectivity index (χ1) is 6.81. The molecule has 1 aliphatic rings. The van der Waals surface area contributed by atoms with Crippen molar-refractivity contribution in [1.82, 2.24) is 5.32 Å². The minimum absolute atomic E-state index is 0.103. The van der Waals surface area contributed by atoms with E-state index in [1.807, 2.05) is 20.8 Å². The second-order valence-corrected chi connectivity index (χ2v) is 5.24. The van der Waals surface area contributed by atoms with Gasteiger partial charge >= 0.3 is 5.97 Å². The van der Waals surface area contributed by atoms with Gasteiger partial charge in [-0.3, -0.25) is 4.79 Å². The molecule has 0 aromatic carbocycles. The van der Waals surface area contributed by atoms with Crippen LogP contribution in [-0.2, 0) is 9.53 Å². The van der Waals surface area contributed by atoms with Crippen molar-refractivity contribution in [2.24, 2.45) is 0 Å². The highest BCUT2D eigenvalue weighted by Crippen LogP contribution is 2.23. The van der Waals surface area contributed by atoms with Gasteiger partial charge in [0.15, 0.2) is 0 Å². The lowest BCUT2D eigenvalue weighted by Crippen LogP contribution is -2.44. The van der Waals surface area contributed by atoms with Gasteiger partial charge in [-0.2, -0.15) is 0 Å². The van der Waals surface area contributed by atoms with Crippen LogP contribution in [0.25, 0.3) is 0 Å². The minimum atomic E-state index is -0.867. The maximum Gasteiger partial charge on any atom is 0.309 e. The topological polar surface area (TPSA) is 58.6 Å². The largest absolute Gasteiger partial charge is 0.460 e. The van der Waals surface area contributed by atoms with Crippen molar-refractivity contribution in [3.8, 4) is 0 Å². The number of carbonyl (C=O) groups is 1. The molecule has 2 N–H and O–H groups in total. The molecule has 0 amide bonds. The number of carbonyl (C=O) groups excluding carboxylic acids is 1. The van der Waals surface area contributed by atoms with Crippen LogP contribution in [0.5, 0.6) is 0 Å². The van der Waals surface area contributed by atoms with Crippen molar-refractivity contribution in [3.63, 3.8) is 0 Å². The molecular formula is C11H21NO3. The zero-order valence-electron chi connectivity index (χ0n) is 9.80. The fourth-order valence-electron chi connectivity index (χ4n) is 1.72. The van der Waals surface area contributed by atoms with Gasteiger partial charge in [0.25, 0.3) is 0 Å². The smallest absolute Gasteiger partial charge is 0.309 e. The molecule has 0 radical (unpaired) electrons. The number of ether oxygens (including phenoxy) is 1. The van der Waals surface area contributed by atoms with E-state index in [4.69, 9.17) is 4.74 Å². The van der Waals surface area contributed by atoms with Crippen LogP contribution in [0, 0.1) is 0 Å². The van der Waals surface area contributed by atoms with Crippen molar-refractivity contribution in [2.75, 3.05) is 13.1 Å². The number of esters is 1. The predicted molar refractivity (Wildman–Crippen MR) is 57.5 cm³/mol. The Morgan fingerprint density at radius 3 is 2.40 bits per heavy atom. The van der Waals surface area contributed by atoms with E-state index in [1.165, 1.54) is 0 Å². The second kappa shape index (κ2) is 4.49. The third-order valence-corrected chi connectivity index (χ3v) is 2.43. The van der Waals surface area contributed by atoms with E-state index < -0.39 is 11.2 Å². The van der Waals surface area contributed by atoms with Gasteiger partial charge in [0.1, 0.15) is 5.60 Å². The molecule has 88 valence electrons. The van der Waals surface area contributed by atoms with Gasteiger partial charge < -0.3 is 15.2 Å². The van der Waals surface area contributed by atoms with E-state index in [2.05, 4.69) is 5.32 Å². The number of rotatable bonds is 2. The summed E-state index contributed by atoms with van der Waals surface area (Å²) in [7, 11) is 0. The molecular weight excluding hydrogens is 194 g/mol. The van der Waals surface area contributed by atoms with Crippen LogP contribution in [0.3, 0.4) is 0 Å². The molecule has 1 heterocycles. The van der Waals surface area contributed by atoms with Crippen molar-refractivity contribution in [2.45, 2.75) is 51.2 Å². The van der Waals surface area contributed by atoms with Crippen molar-refractivity contribution in [1.29, 1.82) is 0 Å². The molecule has 0 spiro atoms. The first kappa shape index (κ1) is 12.5. The van der Waals surface area contributed by atoms with Gasteiger partial charge in [-0.1, -0.05) is 0 Å². The summed E-state index contributed by atoms with van der Waals surface area (Å²) >= 11 is 0. The number of hydrogen-bond acceptors (Lipinski definition) is 4. The van der Waals surface area contributed by atoms with Crippen LogP contribution in [0.15, 0.2) is 0 Å². The summed E-state index contributed by atoms with van der Waals surface area (Å²) in [6.45, 7) is 7.02. The van der Waals surface area contributed by atoms with Crippen molar-refractivity contribution in [3.05, 3.63) is 0 Å². The number of aliphatic hydroxyl groups is 1. The van der Waals surface area contributed by atoms with E-state index in [1.54, 1.807) is 0 Å². The van der Waals surface area contributed by atoms with Crippen LogP contribution < -0.4 is 5.32 Å². The van der Waals surface area contributed by atoms with Gasteiger partial charge in [0, 0.05) is 0 Å². The highest BCUT2D eigenvalue weighted by Gasteiger charge is 2.33. The summed E-state index contributed by atoms with van der Waals surface area (Å²) in [6, 6.07) is 0. The van der Waals surface area contributed by atoms with Gasteiger partial charge in [-0.05, 0) is 46.7 Å². The molecule has 15 heavy (non-hydrogen) atoms. The van der Waals surface area contributed by atoms with Gasteiger partial charge in [0.05, 0.1) is 12.0 Å². The monoisotopic (exact) mass is 215 g/mol. The summed E-state index contributed by atoms with van der Waals surface area (Å²) in [5.74, 6) is -0.313. The Morgan fingerprint density at radius 2 is 1.93 bits per heavy atom. The zero-order valence-corrected chi connectivity index (χ0v) is 9.80. The fourth-order valence-corrected chi connectivity index (χ4v) is 1.72. The van der Waals surface area contributed by atoms with Crippen LogP contribution >= 0.6 is 0 Å². The molecule has 1 fully saturated rings. The standard InChI is InChI=1S/C11H21NO3/c1-10(2,3)15-9(13)8-11(14)4-6-12-7-5-11/h12,14H,4-8H2,1-3H3. The summed E-state index contributed by atoms with van der Waals surface area (Å²) in [6.07, 6.45) is 1.34. The number of nitrogens with one attached hydrogen (secondary N) is 1. The molecule has 4 heteroatoms. The highest BCUT2D eigenvalue weighted by molar-refractivity contribution is 5.71.